The zero-order chi connectivity index (χ0) is 13.9. The molecule has 100 valence electrons. The van der Waals surface area contributed by atoms with Crippen LogP contribution in [0.5, 0.6) is 0 Å². The molecule has 0 aliphatic heterocycles. The van der Waals surface area contributed by atoms with Crippen molar-refractivity contribution < 1.29 is 14.0 Å². The number of nitrogens with one attached hydrogen (secondary N) is 1. The number of rotatable bonds is 4. The molecule has 6 nitrogen and oxygen atoms in total. The van der Waals surface area contributed by atoms with Crippen LogP contribution in [0.2, 0.25) is 0 Å². The van der Waals surface area contributed by atoms with E-state index >= 15 is 0 Å². The molecule has 0 bridgehead atoms. The molecule has 0 spiro atoms. The quantitative estimate of drug-likeness (QED) is 0.719. The van der Waals surface area contributed by atoms with Gasteiger partial charge in [-0.05, 0) is 11.5 Å². The molecule has 1 rings (SSSR count). The van der Waals surface area contributed by atoms with E-state index in [0.29, 0.717) is 11.3 Å². The lowest BCUT2D eigenvalue weighted by Gasteiger charge is -2.28. The lowest BCUT2D eigenvalue weighted by Crippen LogP contribution is -2.51. The fraction of sp³-hybridized carbons (Fsp3) is 0.500. The number of furan rings is 1. The van der Waals surface area contributed by atoms with Crippen molar-refractivity contribution in [3.8, 4) is 0 Å². The first-order chi connectivity index (χ1) is 8.25. The van der Waals surface area contributed by atoms with E-state index in [-0.39, 0.29) is 6.54 Å². The molecular formula is C12H19N3O3. The van der Waals surface area contributed by atoms with Crippen LogP contribution in [0.4, 0.5) is 0 Å². The van der Waals surface area contributed by atoms with Crippen molar-refractivity contribution in [3.05, 3.63) is 23.7 Å². The van der Waals surface area contributed by atoms with Crippen LogP contribution in [-0.4, -0.2) is 17.9 Å². The third-order valence-electron chi connectivity index (χ3n) is 2.54. The number of hydrogen-bond acceptors (Lipinski definition) is 4. The summed E-state index contributed by atoms with van der Waals surface area (Å²) in [5.74, 6) is -0.470. The van der Waals surface area contributed by atoms with Crippen LogP contribution in [0.3, 0.4) is 0 Å². The molecule has 0 aliphatic rings. The molecule has 1 aromatic heterocycles. The second kappa shape index (κ2) is 5.22. The molecule has 0 saturated heterocycles. The first-order valence-corrected chi connectivity index (χ1v) is 5.63. The second-order valence-electron chi connectivity index (χ2n) is 5.18. The molecule has 0 aliphatic carbocycles. The van der Waals surface area contributed by atoms with Crippen LogP contribution >= 0.6 is 0 Å². The van der Waals surface area contributed by atoms with Crippen molar-refractivity contribution in [1.29, 1.82) is 0 Å². The van der Waals surface area contributed by atoms with Crippen LogP contribution < -0.4 is 16.8 Å². The van der Waals surface area contributed by atoms with E-state index in [2.05, 4.69) is 5.32 Å². The number of hydrogen-bond donors (Lipinski definition) is 3. The molecule has 0 aromatic carbocycles. The summed E-state index contributed by atoms with van der Waals surface area (Å²) >= 11 is 0. The molecule has 5 N–H and O–H groups in total. The molecule has 0 saturated carbocycles. The number of carbonyl (C=O) groups is 2. The van der Waals surface area contributed by atoms with Gasteiger partial charge in [0.25, 0.3) is 5.91 Å². The highest BCUT2D eigenvalue weighted by atomic mass is 16.3. The van der Waals surface area contributed by atoms with E-state index in [4.69, 9.17) is 15.9 Å². The van der Waals surface area contributed by atoms with Gasteiger partial charge in [0.05, 0.1) is 12.1 Å². The largest absolute Gasteiger partial charge is 0.467 e. The number of primary amides is 1. The van der Waals surface area contributed by atoms with Crippen LogP contribution in [0.1, 0.15) is 36.9 Å². The number of carbonyl (C=O) groups excluding carboxylic acids is 2. The SMILES string of the molecule is CC(C)(C)C(NC(=O)c1coc(CN)c1)C(N)=O. The molecule has 0 fully saturated rings. The first-order valence-electron chi connectivity index (χ1n) is 5.63. The minimum atomic E-state index is -0.749. The predicted molar refractivity (Wildman–Crippen MR) is 66.5 cm³/mol. The highest BCUT2D eigenvalue weighted by Crippen LogP contribution is 2.19. The van der Waals surface area contributed by atoms with Crippen molar-refractivity contribution in [3.63, 3.8) is 0 Å². The van der Waals surface area contributed by atoms with Crippen LogP contribution in [0.25, 0.3) is 0 Å². The monoisotopic (exact) mass is 253 g/mol. The summed E-state index contributed by atoms with van der Waals surface area (Å²) in [7, 11) is 0. The lowest BCUT2D eigenvalue weighted by atomic mass is 9.86. The predicted octanol–water partition coefficient (Wildman–Crippen LogP) is 0.368. The van der Waals surface area contributed by atoms with E-state index in [9.17, 15) is 9.59 Å². The molecular weight excluding hydrogens is 234 g/mol. The Hall–Kier alpha value is -1.82. The van der Waals surface area contributed by atoms with Gasteiger partial charge in [-0.15, -0.1) is 0 Å². The van der Waals surface area contributed by atoms with E-state index in [0.717, 1.165) is 0 Å². The van der Waals surface area contributed by atoms with Gasteiger partial charge in [-0.2, -0.15) is 0 Å². The fourth-order valence-corrected chi connectivity index (χ4v) is 1.54. The number of amides is 2. The zero-order valence-electron chi connectivity index (χ0n) is 10.8. The Labute approximate surface area is 106 Å². The minimum Gasteiger partial charge on any atom is -0.467 e. The van der Waals surface area contributed by atoms with Gasteiger partial charge in [-0.25, -0.2) is 0 Å². The fourth-order valence-electron chi connectivity index (χ4n) is 1.54. The topological polar surface area (TPSA) is 111 Å². The Bertz CT molecular complexity index is 446. The molecule has 6 heteroatoms. The summed E-state index contributed by atoms with van der Waals surface area (Å²) in [6, 6.07) is 0.789. The Balaban J connectivity index is 2.82. The minimum absolute atomic E-state index is 0.214. The summed E-state index contributed by atoms with van der Waals surface area (Å²) in [6.07, 6.45) is 1.30. The average Bonchev–Trinajstić information content (AvgIpc) is 2.71. The van der Waals surface area contributed by atoms with Crippen molar-refractivity contribution in [2.75, 3.05) is 0 Å². The zero-order valence-corrected chi connectivity index (χ0v) is 10.8. The highest BCUT2D eigenvalue weighted by Gasteiger charge is 2.31. The Morgan fingerprint density at radius 3 is 2.44 bits per heavy atom. The van der Waals surface area contributed by atoms with Crippen LogP contribution in [-0.2, 0) is 11.3 Å². The van der Waals surface area contributed by atoms with Gasteiger partial charge in [0.15, 0.2) is 0 Å². The lowest BCUT2D eigenvalue weighted by molar-refractivity contribution is -0.122. The van der Waals surface area contributed by atoms with Crippen molar-refractivity contribution in [2.24, 2.45) is 16.9 Å². The summed E-state index contributed by atoms with van der Waals surface area (Å²) in [6.45, 7) is 5.68. The van der Waals surface area contributed by atoms with Crippen LogP contribution in [0.15, 0.2) is 16.7 Å². The Morgan fingerprint density at radius 1 is 1.44 bits per heavy atom. The smallest absolute Gasteiger partial charge is 0.255 e. The average molecular weight is 253 g/mol. The Kier molecular flexibility index (Phi) is 4.13. The molecule has 18 heavy (non-hydrogen) atoms. The van der Waals surface area contributed by atoms with Gasteiger partial charge >= 0.3 is 0 Å². The van der Waals surface area contributed by atoms with Crippen molar-refractivity contribution in [2.45, 2.75) is 33.4 Å². The molecule has 1 atom stereocenters. The van der Waals surface area contributed by atoms with Crippen molar-refractivity contribution in [1.82, 2.24) is 5.32 Å². The van der Waals surface area contributed by atoms with Gasteiger partial charge < -0.3 is 21.2 Å². The molecule has 1 heterocycles. The maximum atomic E-state index is 11.9. The second-order valence-corrected chi connectivity index (χ2v) is 5.18. The maximum absolute atomic E-state index is 11.9. The van der Waals surface area contributed by atoms with E-state index in [1.54, 1.807) is 0 Å². The molecule has 2 amide bonds. The van der Waals surface area contributed by atoms with E-state index < -0.39 is 23.3 Å². The normalized spacial score (nSPS) is 13.1. The highest BCUT2D eigenvalue weighted by molar-refractivity contribution is 5.97. The Morgan fingerprint density at radius 2 is 2.06 bits per heavy atom. The van der Waals surface area contributed by atoms with Gasteiger partial charge in [0.2, 0.25) is 5.91 Å². The van der Waals surface area contributed by atoms with Crippen molar-refractivity contribution >= 4 is 11.8 Å². The van der Waals surface area contributed by atoms with Gasteiger partial charge in [0, 0.05) is 0 Å². The molecule has 1 unspecified atom stereocenters. The molecule has 0 radical (unpaired) electrons. The third kappa shape index (κ3) is 3.33. The third-order valence-corrected chi connectivity index (χ3v) is 2.54. The number of nitrogens with two attached hydrogens (primary N) is 2. The molecule has 1 aromatic rings. The van der Waals surface area contributed by atoms with Crippen LogP contribution in [0, 0.1) is 5.41 Å². The summed E-state index contributed by atoms with van der Waals surface area (Å²) < 4.78 is 5.06. The standard InChI is InChI=1S/C12H19N3O3/c1-12(2,3)9(10(14)16)15-11(17)7-4-8(5-13)18-6-7/h4,6,9H,5,13H2,1-3H3,(H2,14,16)(H,15,17). The van der Waals surface area contributed by atoms with E-state index in [1.807, 2.05) is 20.8 Å². The summed E-state index contributed by atoms with van der Waals surface area (Å²) in [5.41, 5.74) is 10.5. The van der Waals surface area contributed by atoms with Gasteiger partial charge in [-0.1, -0.05) is 20.8 Å². The maximum Gasteiger partial charge on any atom is 0.255 e. The van der Waals surface area contributed by atoms with Gasteiger partial charge in [0.1, 0.15) is 18.1 Å². The first kappa shape index (κ1) is 14.2. The van der Waals surface area contributed by atoms with Gasteiger partial charge in [-0.3, -0.25) is 9.59 Å². The van der Waals surface area contributed by atoms with E-state index in [1.165, 1.54) is 12.3 Å². The summed E-state index contributed by atoms with van der Waals surface area (Å²) in [4.78, 5) is 23.3. The summed E-state index contributed by atoms with van der Waals surface area (Å²) in [5, 5.41) is 2.60.